The second-order valence-electron chi connectivity index (χ2n) is 7.74. The summed E-state index contributed by atoms with van der Waals surface area (Å²) in [7, 11) is 0. The standard InChI is InChI=1S/C24H33NO2/c1-17(2)21-14-12-20(13-15-21)9-8-16-25-24(26)19(5)27-23-11-7-6-10-22(23)18(3)4/h6-7,10-15,17-19H,8-9,16H2,1-5H3,(H,25,26). The van der Waals surface area contributed by atoms with E-state index >= 15 is 0 Å². The minimum Gasteiger partial charge on any atom is -0.481 e. The molecule has 3 nitrogen and oxygen atoms in total. The summed E-state index contributed by atoms with van der Waals surface area (Å²) in [4.78, 5) is 12.3. The van der Waals surface area contributed by atoms with Gasteiger partial charge in [-0.1, -0.05) is 70.2 Å². The molecule has 0 aliphatic carbocycles. The van der Waals surface area contributed by atoms with E-state index in [-0.39, 0.29) is 5.91 Å². The van der Waals surface area contributed by atoms with Gasteiger partial charge in [0, 0.05) is 6.54 Å². The maximum Gasteiger partial charge on any atom is 0.260 e. The Morgan fingerprint density at radius 1 is 0.926 bits per heavy atom. The molecule has 0 spiro atoms. The van der Waals surface area contributed by atoms with Gasteiger partial charge in [0.25, 0.3) is 5.91 Å². The van der Waals surface area contributed by atoms with Gasteiger partial charge >= 0.3 is 0 Å². The normalized spacial score (nSPS) is 12.3. The predicted octanol–water partition coefficient (Wildman–Crippen LogP) is 5.45. The third kappa shape index (κ3) is 6.42. The van der Waals surface area contributed by atoms with Crippen molar-refractivity contribution in [2.24, 2.45) is 0 Å². The van der Waals surface area contributed by atoms with Crippen LogP contribution >= 0.6 is 0 Å². The molecule has 27 heavy (non-hydrogen) atoms. The molecule has 3 heteroatoms. The first-order valence-corrected chi connectivity index (χ1v) is 10.0. The first-order chi connectivity index (χ1) is 12.9. The Balaban J connectivity index is 1.77. The molecule has 1 unspecified atom stereocenters. The zero-order valence-electron chi connectivity index (χ0n) is 17.3. The molecule has 0 aromatic heterocycles. The van der Waals surface area contributed by atoms with E-state index in [1.807, 2.05) is 18.2 Å². The number of nitrogens with one attached hydrogen (secondary N) is 1. The van der Waals surface area contributed by atoms with E-state index in [0.29, 0.717) is 18.4 Å². The van der Waals surface area contributed by atoms with Crippen molar-refractivity contribution in [1.29, 1.82) is 0 Å². The molecule has 1 N–H and O–H groups in total. The van der Waals surface area contributed by atoms with E-state index in [0.717, 1.165) is 24.2 Å². The van der Waals surface area contributed by atoms with Crippen molar-refractivity contribution >= 4 is 5.91 Å². The Morgan fingerprint density at radius 3 is 2.22 bits per heavy atom. The summed E-state index contributed by atoms with van der Waals surface area (Å²) in [6.07, 6.45) is 1.38. The number of benzene rings is 2. The SMILES string of the molecule is CC(Oc1ccccc1C(C)C)C(=O)NCCCc1ccc(C(C)C)cc1. The second kappa shape index (κ2) is 10.1. The summed E-state index contributed by atoms with van der Waals surface area (Å²) in [5.74, 6) is 1.64. The van der Waals surface area contributed by atoms with Crippen LogP contribution in [0.4, 0.5) is 0 Å². The molecule has 0 saturated carbocycles. The van der Waals surface area contributed by atoms with Crippen LogP contribution in [0.2, 0.25) is 0 Å². The van der Waals surface area contributed by atoms with E-state index in [1.165, 1.54) is 11.1 Å². The van der Waals surface area contributed by atoms with E-state index in [4.69, 9.17) is 4.74 Å². The van der Waals surface area contributed by atoms with Crippen LogP contribution in [0.5, 0.6) is 5.75 Å². The lowest BCUT2D eigenvalue weighted by Crippen LogP contribution is -2.37. The van der Waals surface area contributed by atoms with Crippen LogP contribution in [0.25, 0.3) is 0 Å². The number of carbonyl (C=O) groups excluding carboxylic acids is 1. The monoisotopic (exact) mass is 367 g/mol. The number of hydrogen-bond acceptors (Lipinski definition) is 2. The lowest BCUT2D eigenvalue weighted by atomic mass is 10.0. The van der Waals surface area contributed by atoms with Crippen LogP contribution < -0.4 is 10.1 Å². The maximum absolute atomic E-state index is 12.3. The van der Waals surface area contributed by atoms with Crippen LogP contribution in [-0.2, 0) is 11.2 Å². The zero-order valence-corrected chi connectivity index (χ0v) is 17.3. The number of hydrogen-bond donors (Lipinski definition) is 1. The summed E-state index contributed by atoms with van der Waals surface area (Å²) >= 11 is 0. The van der Waals surface area contributed by atoms with Gasteiger partial charge in [-0.25, -0.2) is 0 Å². The second-order valence-corrected chi connectivity index (χ2v) is 7.74. The fraction of sp³-hybridized carbons (Fsp3) is 0.458. The van der Waals surface area contributed by atoms with Crippen molar-refractivity contribution in [3.05, 3.63) is 65.2 Å². The molecule has 2 aromatic rings. The van der Waals surface area contributed by atoms with Gasteiger partial charge in [-0.2, -0.15) is 0 Å². The van der Waals surface area contributed by atoms with Crippen molar-refractivity contribution in [3.8, 4) is 5.75 Å². The van der Waals surface area contributed by atoms with Gasteiger partial charge in [-0.15, -0.1) is 0 Å². The highest BCUT2D eigenvalue weighted by Gasteiger charge is 2.16. The summed E-state index contributed by atoms with van der Waals surface area (Å²) in [5.41, 5.74) is 3.80. The zero-order chi connectivity index (χ0) is 19.8. The molecular weight excluding hydrogens is 334 g/mol. The van der Waals surface area contributed by atoms with Gasteiger partial charge in [0.05, 0.1) is 0 Å². The molecule has 0 fully saturated rings. The minimum atomic E-state index is -0.504. The Labute approximate surface area is 164 Å². The first-order valence-electron chi connectivity index (χ1n) is 10.0. The Kier molecular flexibility index (Phi) is 7.90. The number of carbonyl (C=O) groups is 1. The number of para-hydroxylation sites is 1. The van der Waals surface area contributed by atoms with Crippen LogP contribution in [0.15, 0.2) is 48.5 Å². The highest BCUT2D eigenvalue weighted by atomic mass is 16.5. The van der Waals surface area contributed by atoms with Crippen molar-refractivity contribution in [1.82, 2.24) is 5.32 Å². The van der Waals surface area contributed by atoms with Crippen molar-refractivity contribution in [3.63, 3.8) is 0 Å². The summed E-state index contributed by atoms with van der Waals surface area (Å²) in [6, 6.07) is 16.7. The van der Waals surface area contributed by atoms with E-state index in [9.17, 15) is 4.79 Å². The Hall–Kier alpha value is -2.29. The highest BCUT2D eigenvalue weighted by Crippen LogP contribution is 2.26. The highest BCUT2D eigenvalue weighted by molar-refractivity contribution is 5.80. The van der Waals surface area contributed by atoms with Gasteiger partial charge in [0.2, 0.25) is 0 Å². The molecule has 0 aliphatic heterocycles. The molecule has 1 amide bonds. The molecule has 2 aromatic carbocycles. The maximum atomic E-state index is 12.3. The van der Waals surface area contributed by atoms with Gasteiger partial charge in [0.1, 0.15) is 5.75 Å². The van der Waals surface area contributed by atoms with Gasteiger partial charge < -0.3 is 10.1 Å². The summed E-state index contributed by atoms with van der Waals surface area (Å²) in [6.45, 7) is 11.1. The molecule has 0 saturated heterocycles. The van der Waals surface area contributed by atoms with Crippen LogP contribution in [-0.4, -0.2) is 18.6 Å². The fourth-order valence-electron chi connectivity index (χ4n) is 3.03. The molecule has 0 aliphatic rings. The van der Waals surface area contributed by atoms with Crippen molar-refractivity contribution < 1.29 is 9.53 Å². The van der Waals surface area contributed by atoms with Crippen molar-refractivity contribution in [2.75, 3.05) is 6.54 Å². The van der Waals surface area contributed by atoms with Crippen LogP contribution in [0, 0.1) is 0 Å². The lowest BCUT2D eigenvalue weighted by molar-refractivity contribution is -0.127. The molecule has 1 atom stereocenters. The number of rotatable bonds is 9. The molecule has 0 radical (unpaired) electrons. The summed E-state index contributed by atoms with van der Waals surface area (Å²) < 4.78 is 5.91. The number of amides is 1. The quantitative estimate of drug-likeness (QED) is 0.599. The third-order valence-electron chi connectivity index (χ3n) is 4.80. The van der Waals surface area contributed by atoms with Gasteiger partial charge in [-0.05, 0) is 54.4 Å². The molecule has 2 rings (SSSR count). The average Bonchev–Trinajstić information content (AvgIpc) is 2.65. The van der Waals surface area contributed by atoms with Gasteiger partial charge in [0.15, 0.2) is 6.10 Å². The average molecular weight is 368 g/mol. The fourth-order valence-corrected chi connectivity index (χ4v) is 3.03. The molecule has 146 valence electrons. The largest absolute Gasteiger partial charge is 0.481 e. The topological polar surface area (TPSA) is 38.3 Å². The number of aryl methyl sites for hydroxylation is 1. The van der Waals surface area contributed by atoms with Crippen molar-refractivity contribution in [2.45, 2.75) is 65.4 Å². The van der Waals surface area contributed by atoms with Gasteiger partial charge in [-0.3, -0.25) is 4.79 Å². The third-order valence-corrected chi connectivity index (χ3v) is 4.80. The predicted molar refractivity (Wildman–Crippen MR) is 112 cm³/mol. The Bertz CT molecular complexity index is 719. The molecular formula is C24H33NO2. The van der Waals surface area contributed by atoms with E-state index < -0.39 is 6.10 Å². The minimum absolute atomic E-state index is 0.0660. The summed E-state index contributed by atoms with van der Waals surface area (Å²) in [5, 5.41) is 2.99. The smallest absolute Gasteiger partial charge is 0.260 e. The number of ether oxygens (including phenoxy) is 1. The Morgan fingerprint density at radius 2 is 1.59 bits per heavy atom. The molecule has 0 bridgehead atoms. The van der Waals surface area contributed by atoms with Crippen LogP contribution in [0.1, 0.15) is 69.6 Å². The lowest BCUT2D eigenvalue weighted by Gasteiger charge is -2.18. The van der Waals surface area contributed by atoms with E-state index in [1.54, 1.807) is 6.92 Å². The van der Waals surface area contributed by atoms with E-state index in [2.05, 4.69) is 63.3 Å². The molecule has 0 heterocycles. The van der Waals surface area contributed by atoms with Crippen LogP contribution in [0.3, 0.4) is 0 Å². The first kappa shape index (κ1) is 21.0.